The van der Waals surface area contributed by atoms with Gasteiger partial charge in [-0.2, -0.15) is 0 Å². The van der Waals surface area contributed by atoms with Crippen LogP contribution < -0.4 is 0 Å². The molecule has 0 saturated carbocycles. The Morgan fingerprint density at radius 1 is 1.20 bits per heavy atom. The maximum atomic E-state index is 12.3. The minimum absolute atomic E-state index is 0.376. The lowest BCUT2D eigenvalue weighted by atomic mass is 10.1. The minimum Gasteiger partial charge on any atom is -0.443 e. The van der Waals surface area contributed by atoms with Crippen LogP contribution in [0.2, 0.25) is 0 Å². The number of rotatable bonds is 1. The third-order valence-electron chi connectivity index (χ3n) is 2.72. The summed E-state index contributed by atoms with van der Waals surface area (Å²) >= 11 is 3.41. The zero-order valence-electron chi connectivity index (χ0n) is 12.1. The summed E-state index contributed by atoms with van der Waals surface area (Å²) in [5.74, 6) is 0. The van der Waals surface area contributed by atoms with E-state index < -0.39 is 5.60 Å². The predicted molar refractivity (Wildman–Crippen MR) is 83.9 cm³/mol. The molecule has 1 aromatic carbocycles. The van der Waals surface area contributed by atoms with Crippen LogP contribution in [-0.4, -0.2) is 16.3 Å². The van der Waals surface area contributed by atoms with Gasteiger partial charge < -0.3 is 4.74 Å². The van der Waals surface area contributed by atoms with E-state index in [1.54, 1.807) is 6.20 Å². The number of benzene rings is 1. The van der Waals surface area contributed by atoms with E-state index >= 15 is 0 Å². The van der Waals surface area contributed by atoms with Crippen molar-refractivity contribution >= 4 is 22.0 Å². The Morgan fingerprint density at radius 3 is 2.35 bits per heavy atom. The Hall–Kier alpha value is -1.55. The zero-order chi connectivity index (χ0) is 14.9. The molecule has 0 saturated heterocycles. The fourth-order valence-electron chi connectivity index (χ4n) is 1.84. The second-order valence-electron chi connectivity index (χ2n) is 5.76. The maximum absolute atomic E-state index is 12.3. The molecule has 0 atom stereocenters. The summed E-state index contributed by atoms with van der Waals surface area (Å²) in [6, 6.07) is 9.95. The predicted octanol–water partition coefficient (Wildman–Crippen LogP) is 5.01. The quantitative estimate of drug-likeness (QED) is 0.733. The molecule has 4 heteroatoms. The van der Waals surface area contributed by atoms with Crippen LogP contribution in [0, 0.1) is 6.92 Å². The number of carbonyl (C=O) groups excluding carboxylic acids is 1. The van der Waals surface area contributed by atoms with Crippen molar-refractivity contribution in [2.24, 2.45) is 0 Å². The molecule has 1 heterocycles. The van der Waals surface area contributed by atoms with E-state index in [1.807, 2.05) is 58.0 Å². The molecule has 0 N–H and O–H groups in total. The summed E-state index contributed by atoms with van der Waals surface area (Å²) in [6.07, 6.45) is 1.35. The molecule has 0 spiro atoms. The van der Waals surface area contributed by atoms with Crippen molar-refractivity contribution in [1.29, 1.82) is 0 Å². The van der Waals surface area contributed by atoms with Gasteiger partial charge in [0, 0.05) is 10.7 Å². The Balaban J connectivity index is 2.40. The van der Waals surface area contributed by atoms with E-state index in [1.165, 1.54) is 10.1 Å². The molecule has 0 amide bonds. The van der Waals surface area contributed by atoms with Gasteiger partial charge in [0.25, 0.3) is 0 Å². The third kappa shape index (κ3) is 3.51. The molecule has 0 radical (unpaired) electrons. The average Bonchev–Trinajstić information content (AvgIpc) is 2.70. The van der Waals surface area contributed by atoms with Crippen molar-refractivity contribution in [3.05, 3.63) is 46.6 Å². The Bertz CT molecular complexity index is 621. The first kappa shape index (κ1) is 14.9. The van der Waals surface area contributed by atoms with Gasteiger partial charge >= 0.3 is 6.09 Å². The highest BCUT2D eigenvalue weighted by molar-refractivity contribution is 9.10. The summed E-state index contributed by atoms with van der Waals surface area (Å²) in [5.41, 5.74) is 2.46. The average molecular weight is 336 g/mol. The lowest BCUT2D eigenvalue weighted by Gasteiger charge is -2.20. The van der Waals surface area contributed by atoms with E-state index in [-0.39, 0.29) is 6.09 Å². The molecule has 0 unspecified atom stereocenters. The summed E-state index contributed by atoms with van der Waals surface area (Å²) in [7, 11) is 0. The van der Waals surface area contributed by atoms with Crippen LogP contribution in [0.15, 0.2) is 41.0 Å². The number of aryl methyl sites for hydroxylation is 1. The van der Waals surface area contributed by atoms with Gasteiger partial charge in [-0.05, 0) is 55.3 Å². The second kappa shape index (κ2) is 5.44. The number of ether oxygens (including phenoxy) is 1. The number of hydrogen-bond acceptors (Lipinski definition) is 2. The molecule has 106 valence electrons. The highest BCUT2D eigenvalue weighted by atomic mass is 79.9. The maximum Gasteiger partial charge on any atom is 0.419 e. The van der Waals surface area contributed by atoms with Gasteiger partial charge in [0.2, 0.25) is 0 Å². The van der Waals surface area contributed by atoms with E-state index in [9.17, 15) is 4.79 Å². The van der Waals surface area contributed by atoms with Gasteiger partial charge in [-0.3, -0.25) is 4.57 Å². The van der Waals surface area contributed by atoms with Crippen LogP contribution in [0.1, 0.15) is 26.3 Å². The normalized spacial score (nSPS) is 11.4. The van der Waals surface area contributed by atoms with Gasteiger partial charge in [0.15, 0.2) is 0 Å². The first-order valence-electron chi connectivity index (χ1n) is 6.44. The number of nitrogens with zero attached hydrogens (tertiary/aromatic N) is 1. The topological polar surface area (TPSA) is 31.2 Å². The minimum atomic E-state index is -0.516. The van der Waals surface area contributed by atoms with Gasteiger partial charge in [0.1, 0.15) is 5.60 Å². The van der Waals surface area contributed by atoms with E-state index in [0.717, 1.165) is 15.7 Å². The molecule has 0 bridgehead atoms. The number of hydrogen-bond donors (Lipinski definition) is 0. The number of aromatic nitrogens is 1. The molecule has 2 aromatic rings. The van der Waals surface area contributed by atoms with Crippen molar-refractivity contribution in [3.63, 3.8) is 0 Å². The summed E-state index contributed by atoms with van der Waals surface area (Å²) in [6.45, 7) is 7.60. The van der Waals surface area contributed by atoms with Crippen LogP contribution in [0.3, 0.4) is 0 Å². The molecule has 1 aromatic heterocycles. The van der Waals surface area contributed by atoms with Crippen molar-refractivity contribution < 1.29 is 9.53 Å². The van der Waals surface area contributed by atoms with Gasteiger partial charge in [-0.25, -0.2) is 4.79 Å². The molecule has 20 heavy (non-hydrogen) atoms. The standard InChI is InChI=1S/C16H18BrNO2/c1-11-5-7-12(8-6-11)14-9-13(17)10-18(14)15(19)20-16(2,3)4/h5-10H,1-4H3. The summed E-state index contributed by atoms with van der Waals surface area (Å²) in [4.78, 5) is 12.3. The fraction of sp³-hybridized carbons (Fsp3) is 0.312. The van der Waals surface area contributed by atoms with Gasteiger partial charge in [-0.15, -0.1) is 0 Å². The lowest BCUT2D eigenvalue weighted by Crippen LogP contribution is -2.27. The molecular formula is C16H18BrNO2. The SMILES string of the molecule is Cc1ccc(-c2cc(Br)cn2C(=O)OC(C)(C)C)cc1. The van der Waals surface area contributed by atoms with E-state index in [0.29, 0.717) is 0 Å². The van der Waals surface area contributed by atoms with E-state index in [2.05, 4.69) is 15.9 Å². The van der Waals surface area contributed by atoms with Gasteiger partial charge in [0.05, 0.1) is 5.69 Å². The highest BCUT2D eigenvalue weighted by Crippen LogP contribution is 2.26. The Kier molecular flexibility index (Phi) is 4.04. The van der Waals surface area contributed by atoms with Crippen molar-refractivity contribution in [3.8, 4) is 11.3 Å². The van der Waals surface area contributed by atoms with Crippen molar-refractivity contribution in [2.45, 2.75) is 33.3 Å². The summed E-state index contributed by atoms with van der Waals surface area (Å²) < 4.78 is 7.80. The first-order valence-corrected chi connectivity index (χ1v) is 7.24. The molecule has 3 nitrogen and oxygen atoms in total. The fourth-order valence-corrected chi connectivity index (χ4v) is 2.26. The number of halogens is 1. The van der Waals surface area contributed by atoms with Gasteiger partial charge in [-0.1, -0.05) is 29.8 Å². The molecule has 0 aliphatic rings. The lowest BCUT2D eigenvalue weighted by molar-refractivity contribution is 0.0540. The molecule has 0 aliphatic carbocycles. The highest BCUT2D eigenvalue weighted by Gasteiger charge is 2.20. The monoisotopic (exact) mass is 335 g/mol. The molecule has 0 aliphatic heterocycles. The third-order valence-corrected chi connectivity index (χ3v) is 3.16. The van der Waals surface area contributed by atoms with Crippen LogP contribution >= 0.6 is 15.9 Å². The number of carbonyl (C=O) groups is 1. The zero-order valence-corrected chi connectivity index (χ0v) is 13.7. The largest absolute Gasteiger partial charge is 0.443 e. The Morgan fingerprint density at radius 2 is 1.80 bits per heavy atom. The van der Waals surface area contributed by atoms with E-state index in [4.69, 9.17) is 4.74 Å². The van der Waals surface area contributed by atoms with Crippen LogP contribution in [-0.2, 0) is 4.74 Å². The van der Waals surface area contributed by atoms with Crippen LogP contribution in [0.4, 0.5) is 4.79 Å². The molecule has 0 fully saturated rings. The molecule has 2 rings (SSSR count). The summed E-state index contributed by atoms with van der Waals surface area (Å²) in [5, 5.41) is 0. The van der Waals surface area contributed by atoms with Crippen LogP contribution in [0.5, 0.6) is 0 Å². The second-order valence-corrected chi connectivity index (χ2v) is 6.68. The first-order chi connectivity index (χ1) is 9.26. The Labute approximate surface area is 127 Å². The van der Waals surface area contributed by atoms with Crippen molar-refractivity contribution in [1.82, 2.24) is 4.57 Å². The molecular weight excluding hydrogens is 318 g/mol. The van der Waals surface area contributed by atoms with Crippen LogP contribution in [0.25, 0.3) is 11.3 Å². The van der Waals surface area contributed by atoms with Crippen molar-refractivity contribution in [2.75, 3.05) is 0 Å². The smallest absolute Gasteiger partial charge is 0.419 e.